The van der Waals surface area contributed by atoms with Gasteiger partial charge in [-0.05, 0) is 40.3 Å². The van der Waals surface area contributed by atoms with E-state index in [2.05, 4.69) is 32.4 Å². The van der Waals surface area contributed by atoms with E-state index in [1.165, 1.54) is 7.11 Å². The van der Waals surface area contributed by atoms with Crippen molar-refractivity contribution in [2.24, 2.45) is 0 Å². The molecule has 2 aromatic rings. The first-order valence-corrected chi connectivity index (χ1v) is 6.66. The van der Waals surface area contributed by atoms with Gasteiger partial charge < -0.3 is 9.47 Å². The molecule has 5 nitrogen and oxygen atoms in total. The van der Waals surface area contributed by atoms with E-state index in [1.54, 1.807) is 17.9 Å². The minimum atomic E-state index is -0.425. The fourth-order valence-corrected chi connectivity index (χ4v) is 2.19. The summed E-state index contributed by atoms with van der Waals surface area (Å²) in [6, 6.07) is 9.43. The third-order valence-corrected chi connectivity index (χ3v) is 3.49. The molecule has 0 amide bonds. The van der Waals surface area contributed by atoms with Gasteiger partial charge >= 0.3 is 5.97 Å². The van der Waals surface area contributed by atoms with Crippen molar-refractivity contribution < 1.29 is 14.3 Å². The second-order valence-electron chi connectivity index (χ2n) is 3.85. The maximum absolute atomic E-state index is 11.4. The average Bonchev–Trinajstić information content (AvgIpc) is 2.80. The Bertz CT molecular complexity index is 578. The third-order valence-electron chi connectivity index (χ3n) is 2.62. The molecule has 1 aromatic carbocycles. The molecule has 6 heteroatoms. The highest BCUT2D eigenvalue weighted by molar-refractivity contribution is 14.1. The van der Waals surface area contributed by atoms with Crippen LogP contribution in [0.4, 0.5) is 0 Å². The molecular weight excluding hydrogens is 359 g/mol. The van der Waals surface area contributed by atoms with Gasteiger partial charge in [-0.3, -0.25) is 4.68 Å². The predicted octanol–water partition coefficient (Wildman–Crippen LogP) is 2.33. The van der Waals surface area contributed by atoms with Crippen molar-refractivity contribution in [1.29, 1.82) is 0 Å². The quantitative estimate of drug-likeness (QED) is 0.611. The molecule has 0 N–H and O–H groups in total. The maximum Gasteiger partial charge on any atom is 0.358 e. The van der Waals surface area contributed by atoms with E-state index in [4.69, 9.17) is 4.74 Å². The molecular formula is C13H13IN2O3. The average molecular weight is 372 g/mol. The Hall–Kier alpha value is -1.57. The van der Waals surface area contributed by atoms with Crippen molar-refractivity contribution in [3.8, 4) is 5.75 Å². The molecule has 0 atom stereocenters. The van der Waals surface area contributed by atoms with Crippen LogP contribution in [0.2, 0.25) is 0 Å². The number of hydrogen-bond acceptors (Lipinski definition) is 4. The Morgan fingerprint density at radius 1 is 1.32 bits per heavy atom. The monoisotopic (exact) mass is 372 g/mol. The molecule has 0 unspecified atom stereocenters. The molecule has 1 heterocycles. The van der Waals surface area contributed by atoms with Crippen LogP contribution in [-0.4, -0.2) is 30.0 Å². The Kier molecular flexibility index (Phi) is 4.41. The molecule has 0 radical (unpaired) electrons. The SMILES string of the molecule is COC(=O)c1cc(I)n(Cc2ccc(OC)cc2)n1. The molecule has 1 aromatic heterocycles. The summed E-state index contributed by atoms with van der Waals surface area (Å²) >= 11 is 2.14. The molecule has 0 saturated carbocycles. The second-order valence-corrected chi connectivity index (χ2v) is 4.95. The predicted molar refractivity (Wildman–Crippen MR) is 78.4 cm³/mol. The first-order chi connectivity index (χ1) is 9.13. The van der Waals surface area contributed by atoms with Crippen LogP contribution < -0.4 is 4.74 Å². The first kappa shape index (κ1) is 13.9. The van der Waals surface area contributed by atoms with Crippen LogP contribution in [0.5, 0.6) is 5.75 Å². The summed E-state index contributed by atoms with van der Waals surface area (Å²) in [5, 5.41) is 4.22. The lowest BCUT2D eigenvalue weighted by Gasteiger charge is -2.05. The van der Waals surface area contributed by atoms with E-state index in [1.807, 2.05) is 24.3 Å². The molecule has 19 heavy (non-hydrogen) atoms. The minimum absolute atomic E-state index is 0.320. The lowest BCUT2D eigenvalue weighted by Crippen LogP contribution is -2.07. The zero-order valence-corrected chi connectivity index (χ0v) is 12.7. The Morgan fingerprint density at radius 2 is 2.00 bits per heavy atom. The van der Waals surface area contributed by atoms with Gasteiger partial charge in [-0.2, -0.15) is 5.10 Å². The Labute approximate surface area is 124 Å². The number of esters is 1. The van der Waals surface area contributed by atoms with Gasteiger partial charge in [0.05, 0.1) is 20.8 Å². The molecule has 0 spiro atoms. The topological polar surface area (TPSA) is 53.4 Å². The van der Waals surface area contributed by atoms with Crippen molar-refractivity contribution in [3.05, 3.63) is 45.3 Å². The lowest BCUT2D eigenvalue weighted by atomic mass is 10.2. The summed E-state index contributed by atoms with van der Waals surface area (Å²) in [7, 11) is 2.98. The number of methoxy groups -OCH3 is 2. The summed E-state index contributed by atoms with van der Waals surface area (Å²) in [5.74, 6) is 0.389. The number of halogens is 1. The molecule has 0 saturated heterocycles. The smallest absolute Gasteiger partial charge is 0.358 e. The van der Waals surface area contributed by atoms with E-state index in [9.17, 15) is 4.79 Å². The van der Waals surface area contributed by atoms with E-state index < -0.39 is 5.97 Å². The zero-order valence-electron chi connectivity index (χ0n) is 10.6. The zero-order chi connectivity index (χ0) is 13.8. The largest absolute Gasteiger partial charge is 0.497 e. The summed E-state index contributed by atoms with van der Waals surface area (Å²) in [4.78, 5) is 11.4. The maximum atomic E-state index is 11.4. The number of ether oxygens (including phenoxy) is 2. The molecule has 100 valence electrons. The van der Waals surface area contributed by atoms with E-state index in [0.29, 0.717) is 12.2 Å². The highest BCUT2D eigenvalue weighted by atomic mass is 127. The standard InChI is InChI=1S/C13H13IN2O3/c1-18-10-5-3-9(4-6-10)8-16-12(14)7-11(15-16)13(17)19-2/h3-7H,8H2,1-2H3. The van der Waals surface area contributed by atoms with Gasteiger partial charge in [0.25, 0.3) is 0 Å². The van der Waals surface area contributed by atoms with Crippen LogP contribution in [0.15, 0.2) is 30.3 Å². The fourth-order valence-electron chi connectivity index (χ4n) is 1.61. The van der Waals surface area contributed by atoms with E-state index in [0.717, 1.165) is 15.0 Å². The normalized spacial score (nSPS) is 10.3. The van der Waals surface area contributed by atoms with E-state index >= 15 is 0 Å². The summed E-state index contributed by atoms with van der Waals surface area (Å²) in [6.07, 6.45) is 0. The first-order valence-electron chi connectivity index (χ1n) is 5.58. The molecule has 0 aliphatic rings. The van der Waals surface area contributed by atoms with Crippen LogP contribution in [0.1, 0.15) is 16.1 Å². The van der Waals surface area contributed by atoms with Crippen LogP contribution in [0.25, 0.3) is 0 Å². The van der Waals surface area contributed by atoms with E-state index in [-0.39, 0.29) is 0 Å². The number of benzene rings is 1. The van der Waals surface area contributed by atoms with Crippen molar-refractivity contribution in [1.82, 2.24) is 9.78 Å². The van der Waals surface area contributed by atoms with Gasteiger partial charge in [-0.1, -0.05) is 12.1 Å². The van der Waals surface area contributed by atoms with Crippen molar-refractivity contribution in [2.75, 3.05) is 14.2 Å². The van der Waals surface area contributed by atoms with Crippen LogP contribution in [0.3, 0.4) is 0 Å². The minimum Gasteiger partial charge on any atom is -0.497 e. The number of rotatable bonds is 4. The van der Waals surface area contributed by atoms with Gasteiger partial charge in [-0.15, -0.1) is 0 Å². The van der Waals surface area contributed by atoms with Crippen molar-refractivity contribution >= 4 is 28.6 Å². The van der Waals surface area contributed by atoms with Crippen LogP contribution >= 0.6 is 22.6 Å². The van der Waals surface area contributed by atoms with Gasteiger partial charge in [0, 0.05) is 6.07 Å². The molecule has 0 aliphatic carbocycles. The third kappa shape index (κ3) is 3.25. The van der Waals surface area contributed by atoms with Crippen molar-refractivity contribution in [3.63, 3.8) is 0 Å². The van der Waals surface area contributed by atoms with Crippen molar-refractivity contribution in [2.45, 2.75) is 6.54 Å². The lowest BCUT2D eigenvalue weighted by molar-refractivity contribution is 0.0593. The highest BCUT2D eigenvalue weighted by Gasteiger charge is 2.13. The summed E-state index contributed by atoms with van der Waals surface area (Å²) < 4.78 is 12.4. The fraction of sp³-hybridized carbons (Fsp3) is 0.231. The van der Waals surface area contributed by atoms with Gasteiger partial charge in [-0.25, -0.2) is 4.79 Å². The van der Waals surface area contributed by atoms with Gasteiger partial charge in [0.2, 0.25) is 0 Å². The van der Waals surface area contributed by atoms with Gasteiger partial charge in [0.15, 0.2) is 5.69 Å². The highest BCUT2D eigenvalue weighted by Crippen LogP contribution is 2.15. The number of carbonyl (C=O) groups excluding carboxylic acids is 1. The van der Waals surface area contributed by atoms with Crippen LogP contribution in [-0.2, 0) is 11.3 Å². The van der Waals surface area contributed by atoms with Gasteiger partial charge in [0.1, 0.15) is 9.45 Å². The molecule has 0 fully saturated rings. The number of hydrogen-bond donors (Lipinski definition) is 0. The molecule has 2 rings (SSSR count). The number of nitrogens with zero attached hydrogens (tertiary/aromatic N) is 2. The Morgan fingerprint density at radius 3 is 2.58 bits per heavy atom. The number of carbonyl (C=O) groups is 1. The Balaban J connectivity index is 2.18. The second kappa shape index (κ2) is 6.05. The molecule has 0 bridgehead atoms. The molecule has 0 aliphatic heterocycles. The summed E-state index contributed by atoms with van der Waals surface area (Å²) in [6.45, 7) is 0.596. The summed E-state index contributed by atoms with van der Waals surface area (Å²) in [5.41, 5.74) is 1.40. The van der Waals surface area contributed by atoms with Crippen LogP contribution in [0, 0.1) is 3.70 Å². The number of aromatic nitrogens is 2.